The van der Waals surface area contributed by atoms with Gasteiger partial charge in [-0.15, -0.1) is 0 Å². The Labute approximate surface area is 113 Å². The first-order valence-corrected chi connectivity index (χ1v) is 8.22. The summed E-state index contributed by atoms with van der Waals surface area (Å²) in [7, 11) is -1.22. The molecular weight excluding hydrogens is 262 g/mol. The zero-order chi connectivity index (χ0) is 13.9. The molecule has 2 aromatic rings. The highest BCUT2D eigenvalue weighted by Crippen LogP contribution is 2.26. The third-order valence-corrected chi connectivity index (χ3v) is 5.08. The lowest BCUT2D eigenvalue weighted by molar-refractivity contribution is 0.420. The number of hydrogen-bond donors (Lipinski definition) is 0. The molecule has 0 bridgehead atoms. The highest BCUT2D eigenvalue weighted by atomic mass is 32.2. The minimum Gasteiger partial charge on any atom is -0.496 e. The Morgan fingerprint density at radius 1 is 1.26 bits per heavy atom. The van der Waals surface area contributed by atoms with Gasteiger partial charge < -0.3 is 9.30 Å². The smallest absolute Gasteiger partial charge is 0.150 e. The minimum absolute atomic E-state index is 0.216. The van der Waals surface area contributed by atoms with Crippen LogP contribution >= 0.6 is 0 Å². The summed E-state index contributed by atoms with van der Waals surface area (Å²) in [6, 6.07) is 7.89. The second kappa shape index (κ2) is 5.65. The number of methoxy groups -OCH3 is 1. The zero-order valence-corrected chi connectivity index (χ0v) is 12.1. The van der Waals surface area contributed by atoms with E-state index in [2.05, 4.69) is 4.57 Å². The fourth-order valence-corrected chi connectivity index (χ4v) is 3.02. The lowest BCUT2D eigenvalue weighted by Crippen LogP contribution is -2.11. The van der Waals surface area contributed by atoms with Crippen LogP contribution in [0.5, 0.6) is 5.75 Å². The molecule has 0 aliphatic carbocycles. The van der Waals surface area contributed by atoms with E-state index in [1.54, 1.807) is 14.0 Å². The SMILES string of the molecule is CCS(=O)(=O)CCCn1ccc2c(OC)cccc21. The first-order chi connectivity index (χ1) is 9.07. The Bertz CT molecular complexity index is 658. The maximum absolute atomic E-state index is 11.5. The molecule has 0 unspecified atom stereocenters. The molecule has 0 fully saturated rings. The van der Waals surface area contributed by atoms with Crippen LogP contribution in [0, 0.1) is 0 Å². The van der Waals surface area contributed by atoms with E-state index in [0.717, 1.165) is 16.7 Å². The lowest BCUT2D eigenvalue weighted by Gasteiger charge is -2.07. The maximum atomic E-state index is 11.5. The number of sulfone groups is 1. The largest absolute Gasteiger partial charge is 0.496 e. The van der Waals surface area contributed by atoms with Gasteiger partial charge in [0.1, 0.15) is 15.6 Å². The van der Waals surface area contributed by atoms with Gasteiger partial charge >= 0.3 is 0 Å². The summed E-state index contributed by atoms with van der Waals surface area (Å²) in [6.07, 6.45) is 2.61. The number of aryl methyl sites for hydroxylation is 1. The maximum Gasteiger partial charge on any atom is 0.150 e. The molecule has 4 nitrogen and oxygen atoms in total. The van der Waals surface area contributed by atoms with E-state index >= 15 is 0 Å². The van der Waals surface area contributed by atoms with Crippen molar-refractivity contribution in [2.24, 2.45) is 0 Å². The van der Waals surface area contributed by atoms with Crippen LogP contribution in [-0.4, -0.2) is 31.6 Å². The number of nitrogens with zero attached hydrogens (tertiary/aromatic N) is 1. The van der Waals surface area contributed by atoms with Gasteiger partial charge in [-0.1, -0.05) is 13.0 Å². The fraction of sp³-hybridized carbons (Fsp3) is 0.429. The predicted octanol–water partition coefficient (Wildman–Crippen LogP) is 2.47. The monoisotopic (exact) mass is 281 g/mol. The highest BCUT2D eigenvalue weighted by molar-refractivity contribution is 7.91. The minimum atomic E-state index is -2.88. The Balaban J connectivity index is 2.14. The molecule has 104 valence electrons. The number of rotatable bonds is 6. The molecule has 5 heteroatoms. The van der Waals surface area contributed by atoms with E-state index in [4.69, 9.17) is 4.74 Å². The van der Waals surface area contributed by atoms with Gasteiger partial charge in [-0.3, -0.25) is 0 Å². The summed E-state index contributed by atoms with van der Waals surface area (Å²) < 4.78 is 30.3. The lowest BCUT2D eigenvalue weighted by atomic mass is 10.2. The second-order valence-corrected chi connectivity index (χ2v) is 6.96. The third-order valence-electron chi connectivity index (χ3n) is 3.29. The summed E-state index contributed by atoms with van der Waals surface area (Å²) in [5, 5.41) is 1.06. The van der Waals surface area contributed by atoms with Crippen molar-refractivity contribution in [2.45, 2.75) is 19.9 Å². The van der Waals surface area contributed by atoms with Crippen molar-refractivity contribution in [1.29, 1.82) is 0 Å². The zero-order valence-electron chi connectivity index (χ0n) is 11.3. The average molecular weight is 281 g/mol. The molecule has 0 atom stereocenters. The predicted molar refractivity (Wildman–Crippen MR) is 77.4 cm³/mol. The first kappa shape index (κ1) is 13.9. The van der Waals surface area contributed by atoms with Gasteiger partial charge in [0, 0.05) is 23.9 Å². The average Bonchev–Trinajstić information content (AvgIpc) is 2.82. The number of fused-ring (bicyclic) bond motifs is 1. The Morgan fingerprint density at radius 2 is 2.05 bits per heavy atom. The Kier molecular flexibility index (Phi) is 4.14. The number of ether oxygens (including phenoxy) is 1. The molecule has 0 aliphatic heterocycles. The molecule has 0 saturated heterocycles. The van der Waals surface area contributed by atoms with Crippen LogP contribution in [0.4, 0.5) is 0 Å². The van der Waals surface area contributed by atoms with Crippen molar-refractivity contribution in [2.75, 3.05) is 18.6 Å². The summed E-state index contributed by atoms with van der Waals surface area (Å²) in [6.45, 7) is 2.39. The topological polar surface area (TPSA) is 48.3 Å². The van der Waals surface area contributed by atoms with Crippen molar-refractivity contribution in [1.82, 2.24) is 4.57 Å². The van der Waals surface area contributed by atoms with Crippen LogP contribution in [0.3, 0.4) is 0 Å². The fourth-order valence-electron chi connectivity index (χ4n) is 2.17. The number of hydrogen-bond acceptors (Lipinski definition) is 3. The second-order valence-electron chi connectivity index (χ2n) is 4.49. The van der Waals surface area contributed by atoms with Gasteiger partial charge in [-0.05, 0) is 24.6 Å². The molecule has 1 aromatic heterocycles. The molecule has 0 N–H and O–H groups in total. The van der Waals surface area contributed by atoms with Gasteiger partial charge in [0.2, 0.25) is 0 Å². The molecule has 0 aliphatic rings. The highest BCUT2D eigenvalue weighted by Gasteiger charge is 2.09. The first-order valence-electron chi connectivity index (χ1n) is 6.39. The molecule has 0 radical (unpaired) electrons. The van der Waals surface area contributed by atoms with Crippen LogP contribution in [0.1, 0.15) is 13.3 Å². The van der Waals surface area contributed by atoms with E-state index in [1.165, 1.54) is 0 Å². The molecule has 0 amide bonds. The van der Waals surface area contributed by atoms with Gasteiger partial charge in [-0.25, -0.2) is 8.42 Å². The van der Waals surface area contributed by atoms with Gasteiger partial charge in [0.05, 0.1) is 18.4 Å². The number of aromatic nitrogens is 1. The van der Waals surface area contributed by atoms with Crippen molar-refractivity contribution in [3.63, 3.8) is 0 Å². The molecule has 0 saturated carbocycles. The molecule has 2 rings (SSSR count). The van der Waals surface area contributed by atoms with Crippen molar-refractivity contribution in [3.05, 3.63) is 30.5 Å². The van der Waals surface area contributed by atoms with Crippen LogP contribution in [-0.2, 0) is 16.4 Å². The third kappa shape index (κ3) is 3.10. The van der Waals surface area contributed by atoms with Crippen LogP contribution in [0.25, 0.3) is 10.9 Å². The van der Waals surface area contributed by atoms with E-state index in [9.17, 15) is 8.42 Å². The van der Waals surface area contributed by atoms with E-state index < -0.39 is 9.84 Å². The van der Waals surface area contributed by atoms with Crippen molar-refractivity contribution < 1.29 is 13.2 Å². The molecule has 1 aromatic carbocycles. The van der Waals surface area contributed by atoms with Gasteiger partial charge in [0.25, 0.3) is 0 Å². The van der Waals surface area contributed by atoms with Crippen molar-refractivity contribution >= 4 is 20.7 Å². The Hall–Kier alpha value is -1.49. The summed E-state index contributed by atoms with van der Waals surface area (Å²) in [4.78, 5) is 0. The summed E-state index contributed by atoms with van der Waals surface area (Å²) in [5.41, 5.74) is 1.08. The molecular formula is C14H19NO3S. The van der Waals surface area contributed by atoms with E-state index in [1.807, 2.05) is 30.5 Å². The van der Waals surface area contributed by atoms with Gasteiger partial charge in [0.15, 0.2) is 0 Å². The summed E-state index contributed by atoms with van der Waals surface area (Å²) >= 11 is 0. The molecule has 19 heavy (non-hydrogen) atoms. The summed E-state index contributed by atoms with van der Waals surface area (Å²) in [5.74, 6) is 1.30. The van der Waals surface area contributed by atoms with E-state index in [0.29, 0.717) is 13.0 Å². The molecule has 1 heterocycles. The van der Waals surface area contributed by atoms with Crippen molar-refractivity contribution in [3.8, 4) is 5.75 Å². The van der Waals surface area contributed by atoms with Gasteiger partial charge in [-0.2, -0.15) is 0 Å². The van der Waals surface area contributed by atoms with E-state index in [-0.39, 0.29) is 11.5 Å². The number of benzene rings is 1. The molecule has 0 spiro atoms. The van der Waals surface area contributed by atoms with Crippen LogP contribution in [0.15, 0.2) is 30.5 Å². The van der Waals surface area contributed by atoms with Crippen LogP contribution < -0.4 is 4.74 Å². The van der Waals surface area contributed by atoms with Crippen LogP contribution in [0.2, 0.25) is 0 Å². The standard InChI is InChI=1S/C14H19NO3S/c1-3-19(16,17)11-5-9-15-10-8-12-13(15)6-4-7-14(12)18-2/h4,6-8,10H,3,5,9,11H2,1-2H3. The Morgan fingerprint density at radius 3 is 2.74 bits per heavy atom. The normalized spacial score (nSPS) is 11.9. The quantitative estimate of drug-likeness (QED) is 0.817.